The third kappa shape index (κ3) is 6.55. The zero-order valence-corrected chi connectivity index (χ0v) is 45.0. The van der Waals surface area contributed by atoms with Crippen molar-refractivity contribution in [1.82, 2.24) is 0 Å². The fourth-order valence-corrected chi connectivity index (χ4v) is 14.0. The Balaban J connectivity index is 1.18. The quantitative estimate of drug-likeness (QED) is 0.161. The molecule has 0 aliphatic carbocycles. The van der Waals surface area contributed by atoms with Crippen molar-refractivity contribution in [3.05, 3.63) is 171 Å². The van der Waals surface area contributed by atoms with Crippen molar-refractivity contribution in [1.29, 1.82) is 0 Å². The Morgan fingerprint density at radius 3 is 1.32 bits per heavy atom. The van der Waals surface area contributed by atoms with Gasteiger partial charge in [0.1, 0.15) is 22.5 Å². The van der Waals surface area contributed by atoms with Gasteiger partial charge in [0.05, 0.1) is 22.7 Å². The highest BCUT2D eigenvalue weighted by atomic mass is 32.1. The molecule has 0 saturated carbocycles. The van der Waals surface area contributed by atoms with Gasteiger partial charge in [-0.15, -0.1) is 22.7 Å². The molecule has 11 aromatic rings. The van der Waals surface area contributed by atoms with Crippen molar-refractivity contribution in [2.24, 2.45) is 0 Å². The molecule has 0 N–H and O–H groups in total. The topological polar surface area (TPSA) is 32.8 Å². The second-order valence-electron chi connectivity index (χ2n) is 22.9. The number of aryl methyl sites for hydroxylation is 2. The van der Waals surface area contributed by atoms with Crippen LogP contribution in [-0.2, 0) is 10.8 Å². The molecule has 4 aromatic heterocycles. The second kappa shape index (κ2) is 15.9. The van der Waals surface area contributed by atoms with E-state index in [0.717, 1.165) is 56.0 Å². The van der Waals surface area contributed by atoms with E-state index in [9.17, 15) is 0 Å². The van der Waals surface area contributed by atoms with Gasteiger partial charge in [-0.05, 0) is 159 Å². The smallest absolute Gasteiger partial charge is 0.342 e. The van der Waals surface area contributed by atoms with Gasteiger partial charge in [-0.2, -0.15) is 0 Å². The average molecular weight is 975 g/mol. The number of anilines is 6. The molecule has 2 aliphatic rings. The van der Waals surface area contributed by atoms with Gasteiger partial charge in [-0.1, -0.05) is 128 Å². The predicted octanol–water partition coefficient (Wildman–Crippen LogP) is 18.0. The maximum Gasteiger partial charge on any atom is 0.342 e. The van der Waals surface area contributed by atoms with Crippen molar-refractivity contribution in [3.63, 3.8) is 0 Å². The summed E-state index contributed by atoms with van der Waals surface area (Å²) >= 11 is 3.64. The van der Waals surface area contributed by atoms with Crippen molar-refractivity contribution in [2.45, 2.75) is 99.8 Å². The Morgan fingerprint density at radius 2 is 0.903 bits per heavy atom. The van der Waals surface area contributed by atoms with E-state index in [4.69, 9.17) is 8.83 Å². The first-order valence-electron chi connectivity index (χ1n) is 25.5. The maximum atomic E-state index is 7.49. The van der Waals surface area contributed by atoms with E-state index >= 15 is 0 Å². The van der Waals surface area contributed by atoms with Crippen LogP contribution in [0.15, 0.2) is 141 Å². The van der Waals surface area contributed by atoms with Crippen molar-refractivity contribution in [2.75, 3.05) is 9.80 Å². The standard InChI is InChI=1S/C65H59BN2O2S2/c1-35(2)40-29-51-57-52(30-40)68(59-37(4)22-26-44(39(59)6)50-34-72-56-20-16-14-18-46(50)56)61-48-32-42(65(10,11)12)24-28-54(48)70-63(61)66(57)62-60(47-31-41(64(7,8)9)23-27-53(47)69-62)67(51)58-36(3)21-25-43(38(58)5)49-33-71-55-19-15-13-17-45(49)55/h13-35H,1-12H3. The molecule has 356 valence electrons. The molecule has 0 saturated heterocycles. The van der Waals surface area contributed by atoms with Gasteiger partial charge >= 0.3 is 6.71 Å². The van der Waals surface area contributed by atoms with E-state index in [2.05, 4.69) is 225 Å². The molecular weight excluding hydrogens is 916 g/mol. The Kier molecular flexibility index (Phi) is 9.93. The van der Waals surface area contributed by atoms with E-state index < -0.39 is 0 Å². The Labute approximate surface area is 431 Å². The van der Waals surface area contributed by atoms with E-state index in [1.807, 2.05) is 22.7 Å². The van der Waals surface area contributed by atoms with Crippen LogP contribution < -0.4 is 26.6 Å². The molecule has 0 spiro atoms. The number of rotatable bonds is 5. The highest BCUT2D eigenvalue weighted by Crippen LogP contribution is 2.54. The highest BCUT2D eigenvalue weighted by molar-refractivity contribution is 7.18. The molecule has 0 unspecified atom stereocenters. The normalized spacial score (nSPS) is 13.6. The molecule has 0 bridgehead atoms. The number of hydrogen-bond donors (Lipinski definition) is 0. The van der Waals surface area contributed by atoms with Gasteiger partial charge in [0.15, 0.2) is 0 Å². The van der Waals surface area contributed by atoms with E-state index in [0.29, 0.717) is 0 Å². The summed E-state index contributed by atoms with van der Waals surface area (Å²) in [5.74, 6) is 0.232. The van der Waals surface area contributed by atoms with Crippen LogP contribution in [-0.4, -0.2) is 6.71 Å². The number of furan rings is 2. The summed E-state index contributed by atoms with van der Waals surface area (Å²) in [4.78, 5) is 5.21. The minimum absolute atomic E-state index is 0.0823. The molecule has 72 heavy (non-hydrogen) atoms. The SMILES string of the molecule is Cc1ccc(-c2csc3ccccc23)c(C)c1N1c2cc(C(C)C)cc3c2B(c2oc4ccc(C(C)(C)C)cc4c21)c1oc2ccc(C(C)(C)C)cc2c1N3c1c(C)ccc(-c2csc3ccccc23)c1C. The third-order valence-electron chi connectivity index (χ3n) is 15.9. The van der Waals surface area contributed by atoms with Gasteiger partial charge < -0.3 is 18.6 Å². The van der Waals surface area contributed by atoms with E-state index in [-0.39, 0.29) is 23.5 Å². The number of fused-ring (bicyclic) bond motifs is 10. The number of nitrogens with zero attached hydrogens (tertiary/aromatic N) is 2. The van der Waals surface area contributed by atoms with Crippen LogP contribution in [0, 0.1) is 27.7 Å². The zero-order chi connectivity index (χ0) is 49.9. The summed E-state index contributed by atoms with van der Waals surface area (Å²) in [6, 6.07) is 45.7. The van der Waals surface area contributed by atoms with Crippen molar-refractivity contribution in [3.8, 4) is 22.3 Å². The summed E-state index contributed by atoms with van der Waals surface area (Å²) in [6.45, 7) is 27.4. The molecule has 0 fully saturated rings. The van der Waals surface area contributed by atoms with Gasteiger partial charge in [0, 0.05) is 53.4 Å². The fourth-order valence-electron chi connectivity index (χ4n) is 12.0. The summed E-state index contributed by atoms with van der Waals surface area (Å²) in [6.07, 6.45) is 0. The predicted molar refractivity (Wildman–Crippen MR) is 312 cm³/mol. The molecule has 7 aromatic carbocycles. The highest BCUT2D eigenvalue weighted by Gasteiger charge is 2.51. The van der Waals surface area contributed by atoms with Gasteiger partial charge in [0.2, 0.25) is 0 Å². The molecule has 0 amide bonds. The van der Waals surface area contributed by atoms with Crippen molar-refractivity contribution >= 4 is 122 Å². The maximum absolute atomic E-state index is 7.49. The molecule has 7 heteroatoms. The first-order valence-corrected chi connectivity index (χ1v) is 27.3. The largest absolute Gasteiger partial charge is 0.468 e. The first-order chi connectivity index (χ1) is 34.5. The second-order valence-corrected chi connectivity index (χ2v) is 24.7. The summed E-state index contributed by atoms with van der Waals surface area (Å²) in [5, 5.41) is 9.49. The molecule has 13 rings (SSSR count). The monoisotopic (exact) mass is 974 g/mol. The Bertz CT molecular complexity index is 3820. The summed E-state index contributed by atoms with van der Waals surface area (Å²) < 4.78 is 17.6. The van der Waals surface area contributed by atoms with Crippen LogP contribution in [0.4, 0.5) is 34.1 Å². The van der Waals surface area contributed by atoms with Gasteiger partial charge in [-0.3, -0.25) is 0 Å². The number of hydrogen-bond acceptors (Lipinski definition) is 6. The van der Waals surface area contributed by atoms with Crippen LogP contribution in [0.3, 0.4) is 0 Å². The summed E-state index contributed by atoms with van der Waals surface area (Å²) in [5.41, 5.74) is 25.2. The van der Waals surface area contributed by atoms with Gasteiger partial charge in [0.25, 0.3) is 0 Å². The summed E-state index contributed by atoms with van der Waals surface area (Å²) in [7, 11) is 0. The lowest BCUT2D eigenvalue weighted by molar-refractivity contribution is 0.590. The van der Waals surface area contributed by atoms with Crippen LogP contribution in [0.1, 0.15) is 100 Å². The van der Waals surface area contributed by atoms with Crippen LogP contribution in [0.2, 0.25) is 0 Å². The molecule has 0 atom stereocenters. The van der Waals surface area contributed by atoms with Crippen LogP contribution >= 0.6 is 22.7 Å². The van der Waals surface area contributed by atoms with Crippen molar-refractivity contribution < 1.29 is 8.83 Å². The fraction of sp³-hybridized carbons (Fsp3) is 0.231. The Morgan fingerprint density at radius 1 is 0.472 bits per heavy atom. The third-order valence-corrected chi connectivity index (χ3v) is 17.9. The van der Waals surface area contributed by atoms with Crippen LogP contribution in [0.25, 0.3) is 64.4 Å². The lowest BCUT2D eigenvalue weighted by Crippen LogP contribution is -2.60. The lowest BCUT2D eigenvalue weighted by atomic mass is 9.37. The molecule has 0 radical (unpaired) electrons. The first kappa shape index (κ1) is 45.1. The molecule has 4 nitrogen and oxygen atoms in total. The minimum atomic E-state index is -0.334. The van der Waals surface area contributed by atoms with E-state index in [1.165, 1.54) is 98.2 Å². The number of thiophene rings is 2. The number of benzene rings is 7. The molecule has 6 heterocycles. The molecule has 2 aliphatic heterocycles. The lowest BCUT2D eigenvalue weighted by Gasteiger charge is -2.43. The molecular formula is C65H59BN2O2S2. The van der Waals surface area contributed by atoms with E-state index in [1.54, 1.807) is 0 Å². The average Bonchev–Trinajstić information content (AvgIpc) is 4.15. The van der Waals surface area contributed by atoms with Gasteiger partial charge in [-0.25, -0.2) is 0 Å². The minimum Gasteiger partial charge on any atom is -0.468 e. The Hall–Kier alpha value is -6.80. The zero-order valence-electron chi connectivity index (χ0n) is 43.4. The van der Waals surface area contributed by atoms with Crippen LogP contribution in [0.5, 0.6) is 0 Å².